The van der Waals surface area contributed by atoms with Crippen LogP contribution >= 0.6 is 0 Å². The van der Waals surface area contributed by atoms with Gasteiger partial charge in [0.05, 0.1) is 16.1 Å². The number of hydrogen-bond acceptors (Lipinski definition) is 4. The van der Waals surface area contributed by atoms with Crippen molar-refractivity contribution in [2.45, 2.75) is 75.1 Å². The van der Waals surface area contributed by atoms with Crippen molar-refractivity contribution in [2.75, 3.05) is 10.8 Å². The third kappa shape index (κ3) is 9.29. The molecule has 0 unspecified atom stereocenters. The summed E-state index contributed by atoms with van der Waals surface area (Å²) in [4.78, 5) is 29.7. The average molecular weight is 710 g/mol. The molecule has 0 aliphatic heterocycles. The minimum absolute atomic E-state index is 0.0700. The number of aryl methyl sites for hydroxylation is 1. The molecule has 12 heteroatoms. The largest absolute Gasteiger partial charge is 0.416 e. The summed E-state index contributed by atoms with van der Waals surface area (Å²) in [5, 5.41) is 3.09. The summed E-state index contributed by atoms with van der Waals surface area (Å²) < 4.78 is 84.4. The van der Waals surface area contributed by atoms with E-state index in [1.54, 1.807) is 43.3 Å². The summed E-state index contributed by atoms with van der Waals surface area (Å²) in [6.07, 6.45) is -0.241. The van der Waals surface area contributed by atoms with Gasteiger partial charge in [0.25, 0.3) is 10.0 Å². The maximum Gasteiger partial charge on any atom is 0.416 e. The van der Waals surface area contributed by atoms with E-state index >= 15 is 0 Å². The van der Waals surface area contributed by atoms with Crippen molar-refractivity contribution in [3.63, 3.8) is 0 Å². The van der Waals surface area contributed by atoms with Crippen LogP contribution < -0.4 is 9.62 Å². The molecule has 1 saturated carbocycles. The van der Waals surface area contributed by atoms with Crippen molar-refractivity contribution in [1.82, 2.24) is 10.2 Å². The van der Waals surface area contributed by atoms with Gasteiger partial charge in [0, 0.05) is 19.0 Å². The number of anilines is 1. The number of nitrogens with zero attached hydrogens (tertiary/aromatic N) is 2. The molecule has 7 nitrogen and oxygen atoms in total. The summed E-state index contributed by atoms with van der Waals surface area (Å²) in [5.41, 5.74) is 0.486. The first-order chi connectivity index (χ1) is 23.8. The first-order valence-electron chi connectivity index (χ1n) is 16.5. The quantitative estimate of drug-likeness (QED) is 0.155. The van der Waals surface area contributed by atoms with Gasteiger partial charge in [0.15, 0.2) is 0 Å². The molecule has 0 heterocycles. The van der Waals surface area contributed by atoms with E-state index in [9.17, 15) is 35.6 Å². The zero-order chi connectivity index (χ0) is 35.9. The third-order valence-corrected chi connectivity index (χ3v) is 10.6. The monoisotopic (exact) mass is 709 g/mol. The predicted octanol–water partition coefficient (Wildman–Crippen LogP) is 7.44. The van der Waals surface area contributed by atoms with Gasteiger partial charge in [-0.3, -0.25) is 13.9 Å². The van der Waals surface area contributed by atoms with Crippen LogP contribution in [0, 0.1) is 12.7 Å². The molecule has 0 spiro atoms. The van der Waals surface area contributed by atoms with E-state index in [4.69, 9.17) is 0 Å². The fourth-order valence-electron chi connectivity index (χ4n) is 6.09. The maximum atomic E-state index is 14.6. The van der Waals surface area contributed by atoms with Gasteiger partial charge >= 0.3 is 6.18 Å². The van der Waals surface area contributed by atoms with Gasteiger partial charge in [-0.15, -0.1) is 0 Å². The normalized spacial score (nSPS) is 14.5. The number of hydrogen-bond donors (Lipinski definition) is 1. The molecule has 1 aliphatic carbocycles. The Morgan fingerprint density at radius 3 is 2.14 bits per heavy atom. The Morgan fingerprint density at radius 1 is 0.840 bits per heavy atom. The van der Waals surface area contributed by atoms with Crippen LogP contribution in [0.5, 0.6) is 0 Å². The van der Waals surface area contributed by atoms with Crippen LogP contribution in [0.2, 0.25) is 0 Å². The number of carbonyl (C=O) groups excluding carboxylic acids is 2. The van der Waals surface area contributed by atoms with Crippen molar-refractivity contribution in [3.8, 4) is 0 Å². The highest BCUT2D eigenvalue weighted by molar-refractivity contribution is 7.92. The zero-order valence-electron chi connectivity index (χ0n) is 27.6. The van der Waals surface area contributed by atoms with E-state index in [2.05, 4.69) is 5.32 Å². The SMILES string of the molecule is Cc1ccc(S(=O)(=O)N(CC(=O)N(Cc2ccc(F)cc2)[C@H](Cc2ccccc2)C(=O)NC2CCCCC2)c2cccc(C(F)(F)F)c2)cc1. The Balaban J connectivity index is 1.59. The fraction of sp³-hybridized carbons (Fsp3) is 0.316. The van der Waals surface area contributed by atoms with E-state index in [-0.39, 0.29) is 29.6 Å². The topological polar surface area (TPSA) is 86.8 Å². The number of amides is 2. The van der Waals surface area contributed by atoms with Gasteiger partial charge in [0.2, 0.25) is 11.8 Å². The highest BCUT2D eigenvalue weighted by Crippen LogP contribution is 2.33. The number of rotatable bonds is 12. The number of halogens is 4. The van der Waals surface area contributed by atoms with Crippen molar-refractivity contribution in [1.29, 1.82) is 0 Å². The maximum absolute atomic E-state index is 14.6. The van der Waals surface area contributed by atoms with Crippen molar-refractivity contribution < 1.29 is 35.6 Å². The second kappa shape index (κ2) is 15.9. The minimum atomic E-state index is -4.79. The Morgan fingerprint density at radius 2 is 1.50 bits per heavy atom. The fourth-order valence-corrected chi connectivity index (χ4v) is 7.49. The average Bonchev–Trinajstić information content (AvgIpc) is 3.10. The third-order valence-electron chi connectivity index (χ3n) is 8.84. The lowest BCUT2D eigenvalue weighted by molar-refractivity contribution is -0.140. The molecule has 1 atom stereocenters. The molecule has 4 aromatic rings. The number of alkyl halides is 3. The lowest BCUT2D eigenvalue weighted by Crippen LogP contribution is -2.55. The van der Waals surface area contributed by atoms with E-state index in [1.165, 1.54) is 47.4 Å². The number of sulfonamides is 1. The molecule has 1 N–H and O–H groups in total. The molecule has 0 saturated heterocycles. The van der Waals surface area contributed by atoms with Gasteiger partial charge in [-0.2, -0.15) is 13.2 Å². The first kappa shape index (κ1) is 36.6. The zero-order valence-corrected chi connectivity index (χ0v) is 28.4. The molecule has 1 fully saturated rings. The van der Waals surface area contributed by atoms with Crippen LogP contribution in [0.15, 0.2) is 108 Å². The lowest BCUT2D eigenvalue weighted by Gasteiger charge is -2.35. The van der Waals surface area contributed by atoms with Crippen LogP contribution in [0.25, 0.3) is 0 Å². The van der Waals surface area contributed by atoms with Crippen molar-refractivity contribution in [3.05, 3.63) is 131 Å². The molecule has 2 amide bonds. The van der Waals surface area contributed by atoms with Crippen LogP contribution in [-0.4, -0.2) is 43.8 Å². The van der Waals surface area contributed by atoms with Gasteiger partial charge in [-0.05, 0) is 73.4 Å². The summed E-state index contributed by atoms with van der Waals surface area (Å²) in [5.74, 6) is -1.78. The van der Waals surface area contributed by atoms with Gasteiger partial charge in [-0.1, -0.05) is 85.5 Å². The summed E-state index contributed by atoms with van der Waals surface area (Å²) in [6.45, 7) is 0.638. The van der Waals surface area contributed by atoms with Crippen molar-refractivity contribution in [2.24, 2.45) is 0 Å². The van der Waals surface area contributed by atoms with Gasteiger partial charge < -0.3 is 10.2 Å². The Kier molecular flexibility index (Phi) is 11.6. The Labute approximate surface area is 290 Å². The number of benzene rings is 4. The van der Waals surface area contributed by atoms with Crippen molar-refractivity contribution >= 4 is 27.5 Å². The summed E-state index contributed by atoms with van der Waals surface area (Å²) >= 11 is 0. The molecular formula is C38H39F4N3O4S. The highest BCUT2D eigenvalue weighted by Gasteiger charge is 2.37. The molecule has 0 bridgehead atoms. The van der Waals surface area contributed by atoms with Crippen LogP contribution in [0.3, 0.4) is 0 Å². The molecule has 4 aromatic carbocycles. The first-order valence-corrected chi connectivity index (χ1v) is 17.9. The van der Waals surface area contributed by atoms with E-state index < -0.39 is 52.0 Å². The van der Waals surface area contributed by atoms with E-state index in [0.29, 0.717) is 15.9 Å². The summed E-state index contributed by atoms with van der Waals surface area (Å²) in [6, 6.07) is 22.6. The number of nitrogens with one attached hydrogen (secondary N) is 1. The summed E-state index contributed by atoms with van der Waals surface area (Å²) in [7, 11) is -4.60. The molecule has 1 aliphatic rings. The second-order valence-electron chi connectivity index (χ2n) is 12.6. The number of carbonyl (C=O) groups is 2. The molecular weight excluding hydrogens is 670 g/mol. The van der Waals surface area contributed by atoms with E-state index in [0.717, 1.165) is 55.4 Å². The molecule has 0 aromatic heterocycles. The van der Waals surface area contributed by atoms with Crippen LogP contribution in [-0.2, 0) is 38.8 Å². The molecule has 264 valence electrons. The van der Waals surface area contributed by atoms with Crippen LogP contribution in [0.1, 0.15) is 54.4 Å². The van der Waals surface area contributed by atoms with Gasteiger partial charge in [0.1, 0.15) is 18.4 Å². The second-order valence-corrected chi connectivity index (χ2v) is 14.4. The molecule has 50 heavy (non-hydrogen) atoms. The predicted molar refractivity (Wildman–Crippen MR) is 183 cm³/mol. The highest BCUT2D eigenvalue weighted by atomic mass is 32.2. The molecule has 0 radical (unpaired) electrons. The van der Waals surface area contributed by atoms with Crippen LogP contribution in [0.4, 0.5) is 23.2 Å². The van der Waals surface area contributed by atoms with E-state index in [1.807, 2.05) is 6.07 Å². The standard InChI is InChI=1S/C38H39F4N3O4S/c1-27-15-21-34(22-16-27)50(48,49)45(33-14-8-11-30(24-33)38(40,41)42)26-36(46)44(25-29-17-19-31(39)20-18-29)35(23-28-9-4-2-5-10-28)37(47)43-32-12-6-3-7-13-32/h2,4-5,8-11,14-22,24,32,35H,3,6-7,12-13,23,25-26H2,1H3,(H,43,47)/t35-/m1/s1. The Hall–Kier alpha value is -4.71. The van der Waals surface area contributed by atoms with Gasteiger partial charge in [-0.25, -0.2) is 12.8 Å². The smallest absolute Gasteiger partial charge is 0.352 e. The minimum Gasteiger partial charge on any atom is -0.352 e. The molecule has 5 rings (SSSR count). The Bertz CT molecular complexity index is 1860. The lowest BCUT2D eigenvalue weighted by atomic mass is 9.94.